The summed E-state index contributed by atoms with van der Waals surface area (Å²) in [4.78, 5) is 14.0. The van der Waals surface area contributed by atoms with Gasteiger partial charge in [0.25, 0.3) is 0 Å². The van der Waals surface area contributed by atoms with Gasteiger partial charge in [-0.05, 0) is 0 Å². The van der Waals surface area contributed by atoms with Crippen LogP contribution in [0.4, 0.5) is 11.6 Å². The molecule has 0 fully saturated rings. The molecule has 0 unspecified atom stereocenters. The molecule has 1 N–H and O–H groups in total. The van der Waals surface area contributed by atoms with E-state index in [1.165, 1.54) is 11.3 Å². The van der Waals surface area contributed by atoms with Gasteiger partial charge in [0, 0.05) is 42.5 Å². The predicted molar refractivity (Wildman–Crippen MR) is 94.7 cm³/mol. The van der Waals surface area contributed by atoms with Crippen LogP contribution in [0.2, 0.25) is 0 Å². The molecule has 0 bridgehead atoms. The second-order valence-electron chi connectivity index (χ2n) is 5.07. The number of hydrogen-bond donors (Lipinski definition) is 1. The number of aromatic nitrogens is 5. The van der Waals surface area contributed by atoms with Crippen molar-refractivity contribution < 1.29 is 9.47 Å². The molecule has 0 radical (unpaired) electrons. The summed E-state index contributed by atoms with van der Waals surface area (Å²) in [5, 5.41) is 7.62. The second-order valence-corrected chi connectivity index (χ2v) is 5.96. The molecule has 0 atom stereocenters. The second kappa shape index (κ2) is 6.36. The lowest BCUT2D eigenvalue weighted by molar-refractivity contribution is 0.395. The standard InChI is InChI=1S/C16H14N6O2S/c1-23-11-5-10(6-12(7-11)24-2)19-16-20-15-14(13-8-17-9-25-13)18-3-4-22(15)21-16/h3-9H,1-2H3,(H,19,21). The third kappa shape index (κ3) is 2.96. The van der Waals surface area contributed by atoms with E-state index in [0.29, 0.717) is 23.1 Å². The smallest absolute Gasteiger partial charge is 0.247 e. The molecule has 0 aliphatic carbocycles. The van der Waals surface area contributed by atoms with Crippen molar-refractivity contribution >= 4 is 28.6 Å². The Morgan fingerprint density at radius 1 is 1.12 bits per heavy atom. The fraction of sp³-hybridized carbons (Fsp3) is 0.125. The lowest BCUT2D eigenvalue weighted by Crippen LogP contribution is -1.95. The molecule has 4 aromatic rings. The lowest BCUT2D eigenvalue weighted by atomic mass is 10.3. The Morgan fingerprint density at radius 2 is 1.92 bits per heavy atom. The number of rotatable bonds is 5. The molecule has 0 saturated carbocycles. The van der Waals surface area contributed by atoms with Gasteiger partial charge in [0.1, 0.15) is 17.2 Å². The molecular weight excluding hydrogens is 340 g/mol. The average molecular weight is 354 g/mol. The number of hydrogen-bond acceptors (Lipinski definition) is 8. The molecule has 126 valence electrons. The molecule has 0 spiro atoms. The van der Waals surface area contributed by atoms with Crippen molar-refractivity contribution in [3.63, 3.8) is 0 Å². The van der Waals surface area contributed by atoms with E-state index in [-0.39, 0.29) is 0 Å². The first-order valence-corrected chi connectivity index (χ1v) is 8.25. The van der Waals surface area contributed by atoms with Gasteiger partial charge < -0.3 is 14.8 Å². The van der Waals surface area contributed by atoms with E-state index in [9.17, 15) is 0 Å². The van der Waals surface area contributed by atoms with Crippen LogP contribution in [0.3, 0.4) is 0 Å². The summed E-state index contributed by atoms with van der Waals surface area (Å²) in [6.07, 6.45) is 5.21. The van der Waals surface area contributed by atoms with Crippen LogP contribution >= 0.6 is 11.3 Å². The molecule has 3 heterocycles. The molecule has 0 saturated heterocycles. The molecular formula is C16H14N6O2S. The van der Waals surface area contributed by atoms with Gasteiger partial charge in [-0.25, -0.2) is 9.50 Å². The van der Waals surface area contributed by atoms with Crippen LogP contribution in [0.15, 0.2) is 42.3 Å². The normalized spacial score (nSPS) is 10.8. The fourth-order valence-electron chi connectivity index (χ4n) is 2.39. The average Bonchev–Trinajstić information content (AvgIpc) is 3.30. The number of ether oxygens (including phenoxy) is 2. The fourth-order valence-corrected chi connectivity index (χ4v) is 3.00. The zero-order chi connectivity index (χ0) is 17.2. The number of fused-ring (bicyclic) bond motifs is 1. The van der Waals surface area contributed by atoms with Crippen LogP contribution in [-0.2, 0) is 0 Å². The van der Waals surface area contributed by atoms with E-state index in [0.717, 1.165) is 16.3 Å². The summed E-state index contributed by atoms with van der Waals surface area (Å²) in [5.41, 5.74) is 3.93. The maximum atomic E-state index is 5.28. The summed E-state index contributed by atoms with van der Waals surface area (Å²) in [7, 11) is 3.21. The third-order valence-corrected chi connectivity index (χ3v) is 4.31. The van der Waals surface area contributed by atoms with Gasteiger partial charge in [0.2, 0.25) is 5.95 Å². The van der Waals surface area contributed by atoms with Crippen molar-refractivity contribution in [2.45, 2.75) is 0 Å². The first kappa shape index (κ1) is 15.3. The van der Waals surface area contributed by atoms with Gasteiger partial charge in [0.05, 0.1) is 24.6 Å². The van der Waals surface area contributed by atoms with E-state index < -0.39 is 0 Å². The van der Waals surface area contributed by atoms with Crippen LogP contribution in [0, 0.1) is 0 Å². The summed E-state index contributed by atoms with van der Waals surface area (Å²) < 4.78 is 12.2. The van der Waals surface area contributed by atoms with Gasteiger partial charge >= 0.3 is 0 Å². The summed E-state index contributed by atoms with van der Waals surface area (Å²) in [6, 6.07) is 5.49. The Hall–Kier alpha value is -3.20. The maximum absolute atomic E-state index is 5.28. The number of methoxy groups -OCH3 is 2. The van der Waals surface area contributed by atoms with Crippen molar-refractivity contribution in [1.82, 2.24) is 24.6 Å². The highest BCUT2D eigenvalue weighted by Gasteiger charge is 2.13. The SMILES string of the molecule is COc1cc(Nc2nc3c(-c4cncs4)nccn3n2)cc(OC)c1. The van der Waals surface area contributed by atoms with Crippen LogP contribution < -0.4 is 14.8 Å². The minimum Gasteiger partial charge on any atom is -0.497 e. The Kier molecular flexibility index (Phi) is 3.90. The molecule has 4 rings (SSSR count). The van der Waals surface area contributed by atoms with Crippen molar-refractivity contribution in [3.05, 3.63) is 42.3 Å². The number of nitrogens with one attached hydrogen (secondary N) is 1. The van der Waals surface area contributed by atoms with Crippen LogP contribution in [0.25, 0.3) is 16.2 Å². The van der Waals surface area contributed by atoms with E-state index in [1.54, 1.807) is 48.9 Å². The van der Waals surface area contributed by atoms with Crippen LogP contribution in [0.1, 0.15) is 0 Å². The minimum atomic E-state index is 0.453. The van der Waals surface area contributed by atoms with Crippen molar-refractivity contribution in [2.75, 3.05) is 19.5 Å². The highest BCUT2D eigenvalue weighted by Crippen LogP contribution is 2.28. The Labute approximate surface area is 147 Å². The van der Waals surface area contributed by atoms with Gasteiger partial charge in [-0.3, -0.25) is 4.98 Å². The molecule has 25 heavy (non-hydrogen) atoms. The number of anilines is 2. The third-order valence-electron chi connectivity index (χ3n) is 3.53. The molecule has 0 aliphatic heterocycles. The van der Waals surface area contributed by atoms with Crippen molar-refractivity contribution in [3.8, 4) is 22.1 Å². The van der Waals surface area contributed by atoms with Crippen molar-refractivity contribution in [2.24, 2.45) is 0 Å². The Balaban J connectivity index is 1.72. The van der Waals surface area contributed by atoms with E-state index >= 15 is 0 Å². The largest absolute Gasteiger partial charge is 0.497 e. The van der Waals surface area contributed by atoms with E-state index in [1.807, 2.05) is 12.1 Å². The van der Waals surface area contributed by atoms with E-state index in [4.69, 9.17) is 9.47 Å². The molecule has 0 aliphatic rings. The first-order chi connectivity index (χ1) is 12.3. The highest BCUT2D eigenvalue weighted by molar-refractivity contribution is 7.13. The highest BCUT2D eigenvalue weighted by atomic mass is 32.1. The van der Waals surface area contributed by atoms with Crippen molar-refractivity contribution in [1.29, 1.82) is 0 Å². The lowest BCUT2D eigenvalue weighted by Gasteiger charge is -2.08. The molecule has 9 heteroatoms. The number of benzene rings is 1. The Bertz CT molecular complexity index is 993. The molecule has 1 aromatic carbocycles. The van der Waals surface area contributed by atoms with Gasteiger partial charge in [-0.1, -0.05) is 0 Å². The number of nitrogens with zero attached hydrogens (tertiary/aromatic N) is 5. The quantitative estimate of drug-likeness (QED) is 0.589. The summed E-state index contributed by atoms with van der Waals surface area (Å²) in [6.45, 7) is 0. The minimum absolute atomic E-state index is 0.453. The van der Waals surface area contributed by atoms with E-state index in [2.05, 4.69) is 25.4 Å². The van der Waals surface area contributed by atoms with Crippen LogP contribution in [-0.4, -0.2) is 38.8 Å². The predicted octanol–water partition coefficient (Wildman–Crippen LogP) is 3.01. The topological polar surface area (TPSA) is 86.5 Å². The zero-order valence-corrected chi connectivity index (χ0v) is 14.3. The first-order valence-electron chi connectivity index (χ1n) is 7.37. The monoisotopic (exact) mass is 354 g/mol. The molecule has 0 amide bonds. The van der Waals surface area contributed by atoms with Crippen LogP contribution in [0.5, 0.6) is 11.5 Å². The molecule has 3 aromatic heterocycles. The zero-order valence-electron chi connectivity index (χ0n) is 13.5. The summed E-state index contributed by atoms with van der Waals surface area (Å²) >= 11 is 1.51. The number of thiazole rings is 1. The van der Waals surface area contributed by atoms with Gasteiger partial charge in [-0.2, -0.15) is 4.98 Å². The van der Waals surface area contributed by atoms with Gasteiger partial charge in [0.15, 0.2) is 5.65 Å². The summed E-state index contributed by atoms with van der Waals surface area (Å²) in [5.74, 6) is 1.81. The van der Waals surface area contributed by atoms with Gasteiger partial charge in [-0.15, -0.1) is 16.4 Å². The molecule has 8 nitrogen and oxygen atoms in total. The Morgan fingerprint density at radius 3 is 2.60 bits per heavy atom. The maximum Gasteiger partial charge on any atom is 0.247 e.